The van der Waals surface area contributed by atoms with E-state index in [4.69, 9.17) is 5.73 Å². The van der Waals surface area contributed by atoms with Crippen LogP contribution in [0.1, 0.15) is 5.56 Å². The summed E-state index contributed by atoms with van der Waals surface area (Å²) >= 11 is 0. The highest BCUT2D eigenvalue weighted by Gasteiger charge is 2.20. The van der Waals surface area contributed by atoms with Gasteiger partial charge in [0.2, 0.25) is 10.0 Å². The molecule has 0 radical (unpaired) electrons. The zero-order valence-corrected chi connectivity index (χ0v) is 12.2. The van der Waals surface area contributed by atoms with E-state index < -0.39 is 10.0 Å². The lowest BCUT2D eigenvalue weighted by atomic mass is 10.2. The molecule has 0 unspecified atom stereocenters. The molecule has 0 amide bonds. The molecule has 5 nitrogen and oxygen atoms in total. The fraction of sp³-hybridized carbons (Fsp3) is 0.500. The van der Waals surface area contributed by atoms with Gasteiger partial charge in [-0.05, 0) is 38.7 Å². The fourth-order valence-corrected chi connectivity index (χ4v) is 2.62. The van der Waals surface area contributed by atoms with Crippen molar-refractivity contribution in [3.05, 3.63) is 23.8 Å². The van der Waals surface area contributed by atoms with Crippen molar-refractivity contribution in [2.75, 3.05) is 40.0 Å². The van der Waals surface area contributed by atoms with Gasteiger partial charge >= 0.3 is 0 Å². The number of nitrogens with zero attached hydrogens (tertiary/aromatic N) is 2. The molecule has 0 aliphatic carbocycles. The quantitative estimate of drug-likeness (QED) is 0.803. The average molecular weight is 271 g/mol. The third kappa shape index (κ3) is 3.44. The summed E-state index contributed by atoms with van der Waals surface area (Å²) < 4.78 is 25.9. The molecule has 2 N–H and O–H groups in total. The summed E-state index contributed by atoms with van der Waals surface area (Å²) in [6, 6.07) is 4.83. The molecule has 1 rings (SSSR count). The van der Waals surface area contributed by atoms with Crippen molar-refractivity contribution in [2.24, 2.45) is 0 Å². The number of rotatable bonds is 5. The number of hydrogen-bond donors (Lipinski definition) is 1. The monoisotopic (exact) mass is 271 g/mol. The predicted molar refractivity (Wildman–Crippen MR) is 74.0 cm³/mol. The first-order valence-corrected chi connectivity index (χ1v) is 7.16. The molecule has 0 fully saturated rings. The zero-order chi connectivity index (χ0) is 13.9. The third-order valence-corrected chi connectivity index (χ3v) is 4.67. The van der Waals surface area contributed by atoms with Crippen molar-refractivity contribution in [3.63, 3.8) is 0 Å². The second-order valence-electron chi connectivity index (χ2n) is 4.65. The molecule has 0 heterocycles. The van der Waals surface area contributed by atoms with Crippen molar-refractivity contribution in [2.45, 2.75) is 11.8 Å². The van der Waals surface area contributed by atoms with Gasteiger partial charge in [0.05, 0.1) is 4.90 Å². The molecule has 1 aromatic rings. The Kier molecular flexibility index (Phi) is 4.72. The molecule has 0 aromatic heterocycles. The Labute approximate surface area is 109 Å². The topological polar surface area (TPSA) is 66.6 Å². The van der Waals surface area contributed by atoms with E-state index in [1.807, 2.05) is 25.9 Å². The molecular formula is C12H21N3O2S. The Morgan fingerprint density at radius 3 is 2.28 bits per heavy atom. The maximum absolute atomic E-state index is 12.3. The normalized spacial score (nSPS) is 12.3. The van der Waals surface area contributed by atoms with Crippen LogP contribution in [0.3, 0.4) is 0 Å². The minimum Gasteiger partial charge on any atom is -0.398 e. The zero-order valence-electron chi connectivity index (χ0n) is 11.3. The summed E-state index contributed by atoms with van der Waals surface area (Å²) in [5.41, 5.74) is 7.13. The lowest BCUT2D eigenvalue weighted by Gasteiger charge is -2.19. The van der Waals surface area contributed by atoms with Gasteiger partial charge in [-0.25, -0.2) is 8.42 Å². The van der Waals surface area contributed by atoms with E-state index in [0.29, 0.717) is 18.8 Å². The summed E-state index contributed by atoms with van der Waals surface area (Å²) in [6.45, 7) is 2.97. The molecule has 1 aromatic carbocycles. The van der Waals surface area contributed by atoms with Crippen LogP contribution in [-0.4, -0.2) is 51.9 Å². The summed E-state index contributed by atoms with van der Waals surface area (Å²) in [5.74, 6) is 0. The van der Waals surface area contributed by atoms with E-state index in [1.165, 1.54) is 10.4 Å². The summed E-state index contributed by atoms with van der Waals surface area (Å²) in [5, 5.41) is 0. The first-order valence-electron chi connectivity index (χ1n) is 5.72. The third-order valence-electron chi connectivity index (χ3n) is 2.82. The smallest absolute Gasteiger partial charge is 0.242 e. The van der Waals surface area contributed by atoms with E-state index in [0.717, 1.165) is 5.56 Å². The van der Waals surface area contributed by atoms with Gasteiger partial charge in [0.15, 0.2) is 0 Å². The second kappa shape index (κ2) is 5.69. The van der Waals surface area contributed by atoms with Crippen LogP contribution >= 0.6 is 0 Å². The van der Waals surface area contributed by atoms with Gasteiger partial charge in [-0.3, -0.25) is 0 Å². The van der Waals surface area contributed by atoms with E-state index in [1.54, 1.807) is 19.2 Å². The molecule has 0 saturated heterocycles. The number of benzene rings is 1. The number of nitrogens with two attached hydrogens (primary N) is 1. The Morgan fingerprint density at radius 2 is 1.78 bits per heavy atom. The van der Waals surface area contributed by atoms with E-state index in [2.05, 4.69) is 0 Å². The number of anilines is 1. The second-order valence-corrected chi connectivity index (χ2v) is 6.69. The molecule has 0 bridgehead atoms. The molecule has 0 aliphatic rings. The van der Waals surface area contributed by atoms with Crippen molar-refractivity contribution >= 4 is 15.7 Å². The molecule has 0 atom stereocenters. The number of likely N-dealkylation sites (N-methyl/N-ethyl adjacent to an activating group) is 2. The molecular weight excluding hydrogens is 250 g/mol. The Hall–Kier alpha value is -1.11. The van der Waals surface area contributed by atoms with Gasteiger partial charge in [-0.15, -0.1) is 0 Å². The maximum Gasteiger partial charge on any atom is 0.242 e. The first kappa shape index (κ1) is 14.9. The predicted octanol–water partition coefficient (Wildman–Crippen LogP) is 0.759. The van der Waals surface area contributed by atoms with Gasteiger partial charge in [0.25, 0.3) is 0 Å². The van der Waals surface area contributed by atoms with E-state index >= 15 is 0 Å². The Balaban J connectivity index is 2.95. The highest BCUT2D eigenvalue weighted by Crippen LogP contribution is 2.19. The minimum absolute atomic E-state index is 0.242. The van der Waals surface area contributed by atoms with Crippen molar-refractivity contribution in [3.8, 4) is 0 Å². The molecule has 6 heteroatoms. The number of aryl methyl sites for hydroxylation is 1. The minimum atomic E-state index is -3.45. The van der Waals surface area contributed by atoms with Crippen LogP contribution in [0.15, 0.2) is 23.1 Å². The van der Waals surface area contributed by atoms with Gasteiger partial charge in [0, 0.05) is 25.8 Å². The van der Waals surface area contributed by atoms with Gasteiger partial charge in [-0.1, -0.05) is 6.07 Å². The fourth-order valence-electron chi connectivity index (χ4n) is 1.42. The van der Waals surface area contributed by atoms with Gasteiger partial charge in [-0.2, -0.15) is 4.31 Å². The summed E-state index contributed by atoms with van der Waals surface area (Å²) in [4.78, 5) is 2.18. The maximum atomic E-state index is 12.3. The SMILES string of the molecule is Cc1ccc(S(=O)(=O)N(C)CCN(C)C)cc1N. The Morgan fingerprint density at radius 1 is 1.17 bits per heavy atom. The molecule has 0 spiro atoms. The standard InChI is InChI=1S/C12H21N3O2S/c1-10-5-6-11(9-12(10)13)18(16,17)15(4)8-7-14(2)3/h5-6,9H,7-8,13H2,1-4H3. The average Bonchev–Trinajstić information content (AvgIpc) is 2.29. The lowest BCUT2D eigenvalue weighted by molar-refractivity contribution is 0.358. The van der Waals surface area contributed by atoms with Crippen LogP contribution in [0, 0.1) is 6.92 Å². The van der Waals surface area contributed by atoms with Crippen molar-refractivity contribution in [1.29, 1.82) is 0 Å². The first-order chi connectivity index (χ1) is 8.25. The van der Waals surface area contributed by atoms with Gasteiger partial charge < -0.3 is 10.6 Å². The summed E-state index contributed by atoms with van der Waals surface area (Å²) in [6.07, 6.45) is 0. The van der Waals surface area contributed by atoms with Crippen LogP contribution in [0.4, 0.5) is 5.69 Å². The highest BCUT2D eigenvalue weighted by molar-refractivity contribution is 7.89. The number of sulfonamides is 1. The number of nitrogen functional groups attached to an aromatic ring is 1. The van der Waals surface area contributed by atoms with Crippen LogP contribution in [0.5, 0.6) is 0 Å². The van der Waals surface area contributed by atoms with E-state index in [9.17, 15) is 8.42 Å². The van der Waals surface area contributed by atoms with E-state index in [-0.39, 0.29) is 4.90 Å². The molecule has 102 valence electrons. The largest absolute Gasteiger partial charge is 0.398 e. The Bertz CT molecular complexity index is 512. The van der Waals surface area contributed by atoms with Crippen LogP contribution < -0.4 is 5.73 Å². The van der Waals surface area contributed by atoms with Crippen LogP contribution in [0.25, 0.3) is 0 Å². The van der Waals surface area contributed by atoms with Crippen molar-refractivity contribution < 1.29 is 8.42 Å². The summed E-state index contributed by atoms with van der Waals surface area (Å²) in [7, 11) is 1.95. The van der Waals surface area contributed by atoms with Crippen molar-refractivity contribution in [1.82, 2.24) is 9.21 Å². The number of hydrogen-bond acceptors (Lipinski definition) is 4. The molecule has 18 heavy (non-hydrogen) atoms. The van der Waals surface area contributed by atoms with Crippen LogP contribution in [0.2, 0.25) is 0 Å². The highest BCUT2D eigenvalue weighted by atomic mass is 32.2. The molecule has 0 aliphatic heterocycles. The molecule has 0 saturated carbocycles. The van der Waals surface area contributed by atoms with Gasteiger partial charge in [0.1, 0.15) is 0 Å². The lowest BCUT2D eigenvalue weighted by Crippen LogP contribution is -2.33. The van der Waals surface area contributed by atoms with Crippen LogP contribution in [-0.2, 0) is 10.0 Å².